The molecule has 2 fully saturated rings. The minimum Gasteiger partial charge on any atom is -0.394 e. The van der Waals surface area contributed by atoms with Gasteiger partial charge in [-0.25, -0.2) is 4.99 Å². The molecule has 1 saturated heterocycles. The monoisotopic (exact) mass is 269 g/mol. The minimum atomic E-state index is 0.103. The number of hydrogen-bond acceptors (Lipinski definition) is 3. The van der Waals surface area contributed by atoms with Gasteiger partial charge in [-0.1, -0.05) is 19.3 Å². The van der Waals surface area contributed by atoms with Crippen molar-refractivity contribution in [3.8, 4) is 0 Å². The van der Waals surface area contributed by atoms with E-state index in [9.17, 15) is 0 Å². The number of ether oxygens (including phenoxy) is 1. The molecule has 0 atom stereocenters. The molecule has 19 heavy (non-hydrogen) atoms. The van der Waals surface area contributed by atoms with E-state index in [-0.39, 0.29) is 12.7 Å². The van der Waals surface area contributed by atoms with Crippen LogP contribution in [0.4, 0.5) is 0 Å². The number of aliphatic imine (C=N–C) groups is 1. The Balaban J connectivity index is 1.75. The summed E-state index contributed by atoms with van der Waals surface area (Å²) in [5.74, 6) is 0.715. The summed E-state index contributed by atoms with van der Waals surface area (Å²) in [6, 6.07) is 0.442. The fourth-order valence-electron chi connectivity index (χ4n) is 2.95. The van der Waals surface area contributed by atoms with E-state index in [4.69, 9.17) is 15.6 Å². The van der Waals surface area contributed by atoms with Crippen LogP contribution in [0.1, 0.15) is 44.9 Å². The molecular weight excluding hydrogens is 242 g/mol. The first-order chi connectivity index (χ1) is 9.29. The van der Waals surface area contributed by atoms with Crippen LogP contribution in [-0.4, -0.2) is 54.4 Å². The number of aliphatic hydroxyl groups excluding tert-OH is 1. The number of nitrogens with zero attached hydrogens (tertiary/aromatic N) is 2. The Morgan fingerprint density at radius 1 is 1.16 bits per heavy atom. The first-order valence-electron chi connectivity index (χ1n) is 7.60. The summed E-state index contributed by atoms with van der Waals surface area (Å²) in [5.41, 5.74) is 6.12. The maximum absolute atomic E-state index is 8.74. The molecule has 1 aliphatic carbocycles. The number of hydrogen-bond donors (Lipinski definition) is 2. The lowest BCUT2D eigenvalue weighted by Crippen LogP contribution is -2.45. The SMILES string of the molecule is NC(=NC1CCCCC1)N1CCC(OCCO)CC1. The summed E-state index contributed by atoms with van der Waals surface area (Å²) >= 11 is 0. The van der Waals surface area contributed by atoms with Gasteiger partial charge in [0.25, 0.3) is 0 Å². The van der Waals surface area contributed by atoms with Crippen LogP contribution in [0.5, 0.6) is 0 Å². The lowest BCUT2D eigenvalue weighted by atomic mass is 9.96. The van der Waals surface area contributed by atoms with Gasteiger partial charge in [-0.05, 0) is 25.7 Å². The minimum absolute atomic E-state index is 0.103. The normalized spacial score (nSPS) is 23.8. The van der Waals surface area contributed by atoms with E-state index in [0.29, 0.717) is 18.6 Å². The molecule has 0 aromatic rings. The summed E-state index contributed by atoms with van der Waals surface area (Å²) in [6.07, 6.45) is 8.53. The lowest BCUT2D eigenvalue weighted by molar-refractivity contribution is 0.00143. The van der Waals surface area contributed by atoms with Gasteiger partial charge in [-0.15, -0.1) is 0 Å². The molecule has 110 valence electrons. The molecule has 0 amide bonds. The van der Waals surface area contributed by atoms with E-state index in [1.165, 1.54) is 32.1 Å². The van der Waals surface area contributed by atoms with Crippen molar-refractivity contribution in [1.29, 1.82) is 0 Å². The highest BCUT2D eigenvalue weighted by Gasteiger charge is 2.21. The maximum atomic E-state index is 8.74. The molecule has 1 heterocycles. The van der Waals surface area contributed by atoms with Crippen LogP contribution in [0.25, 0.3) is 0 Å². The third-order valence-corrected chi connectivity index (χ3v) is 4.10. The second-order valence-electron chi connectivity index (χ2n) is 5.56. The van der Waals surface area contributed by atoms with Gasteiger partial charge in [-0.3, -0.25) is 0 Å². The van der Waals surface area contributed by atoms with Crippen LogP contribution in [0.15, 0.2) is 4.99 Å². The number of guanidine groups is 1. The average molecular weight is 269 g/mol. The third kappa shape index (κ3) is 4.66. The molecule has 5 nitrogen and oxygen atoms in total. The molecule has 0 aromatic heterocycles. The lowest BCUT2D eigenvalue weighted by Gasteiger charge is -2.33. The van der Waals surface area contributed by atoms with Gasteiger partial charge in [0, 0.05) is 13.1 Å². The molecule has 3 N–H and O–H groups in total. The average Bonchev–Trinajstić information content (AvgIpc) is 2.46. The number of rotatable bonds is 4. The van der Waals surface area contributed by atoms with E-state index in [0.717, 1.165) is 25.9 Å². The van der Waals surface area contributed by atoms with Gasteiger partial charge >= 0.3 is 0 Å². The largest absolute Gasteiger partial charge is 0.394 e. The van der Waals surface area contributed by atoms with Gasteiger partial charge in [0.2, 0.25) is 0 Å². The predicted molar refractivity (Wildman–Crippen MR) is 76.1 cm³/mol. The quantitative estimate of drug-likeness (QED) is 0.592. The second-order valence-corrected chi connectivity index (χ2v) is 5.56. The molecule has 0 unspecified atom stereocenters. The van der Waals surface area contributed by atoms with Crippen molar-refractivity contribution in [2.45, 2.75) is 57.1 Å². The maximum Gasteiger partial charge on any atom is 0.191 e. The predicted octanol–water partition coefficient (Wildman–Crippen LogP) is 1.11. The molecule has 1 aliphatic heterocycles. The van der Waals surface area contributed by atoms with Crippen molar-refractivity contribution >= 4 is 5.96 Å². The third-order valence-electron chi connectivity index (χ3n) is 4.10. The van der Waals surface area contributed by atoms with Crippen LogP contribution in [0.2, 0.25) is 0 Å². The van der Waals surface area contributed by atoms with Gasteiger partial charge in [0.05, 0.1) is 25.4 Å². The van der Waals surface area contributed by atoms with Crippen LogP contribution in [0.3, 0.4) is 0 Å². The first kappa shape index (κ1) is 14.6. The summed E-state index contributed by atoms with van der Waals surface area (Å²) in [5, 5.41) is 8.74. The number of aliphatic hydroxyl groups is 1. The molecule has 5 heteroatoms. The van der Waals surface area contributed by atoms with Crippen LogP contribution >= 0.6 is 0 Å². The first-order valence-corrected chi connectivity index (χ1v) is 7.60. The fourth-order valence-corrected chi connectivity index (χ4v) is 2.95. The van der Waals surface area contributed by atoms with Crippen molar-refractivity contribution in [2.24, 2.45) is 10.7 Å². The van der Waals surface area contributed by atoms with Crippen molar-refractivity contribution in [2.75, 3.05) is 26.3 Å². The number of likely N-dealkylation sites (tertiary alicyclic amines) is 1. The zero-order valence-electron chi connectivity index (χ0n) is 11.8. The zero-order valence-corrected chi connectivity index (χ0v) is 11.8. The zero-order chi connectivity index (χ0) is 13.5. The highest BCUT2D eigenvalue weighted by molar-refractivity contribution is 5.78. The van der Waals surface area contributed by atoms with E-state index >= 15 is 0 Å². The van der Waals surface area contributed by atoms with E-state index < -0.39 is 0 Å². The Morgan fingerprint density at radius 3 is 2.47 bits per heavy atom. The van der Waals surface area contributed by atoms with Crippen LogP contribution in [0, 0.1) is 0 Å². The van der Waals surface area contributed by atoms with Gasteiger partial charge in [-0.2, -0.15) is 0 Å². The summed E-state index contributed by atoms with van der Waals surface area (Å²) in [7, 11) is 0. The van der Waals surface area contributed by atoms with Gasteiger partial charge in [0.1, 0.15) is 0 Å². The fraction of sp³-hybridized carbons (Fsp3) is 0.929. The summed E-state index contributed by atoms with van der Waals surface area (Å²) in [4.78, 5) is 6.86. The van der Waals surface area contributed by atoms with Gasteiger partial charge in [0.15, 0.2) is 5.96 Å². The molecule has 0 radical (unpaired) electrons. The van der Waals surface area contributed by atoms with Crippen molar-refractivity contribution < 1.29 is 9.84 Å². The molecular formula is C14H27N3O2. The molecule has 0 spiro atoms. The Kier molecular flexibility index (Phi) is 5.92. The summed E-state index contributed by atoms with van der Waals surface area (Å²) < 4.78 is 5.55. The van der Waals surface area contributed by atoms with Crippen molar-refractivity contribution in [3.05, 3.63) is 0 Å². The van der Waals surface area contributed by atoms with Gasteiger partial charge < -0.3 is 20.5 Å². The van der Waals surface area contributed by atoms with E-state index in [1.807, 2.05) is 0 Å². The molecule has 2 aliphatic rings. The Hall–Kier alpha value is -0.810. The smallest absolute Gasteiger partial charge is 0.191 e. The summed E-state index contributed by atoms with van der Waals surface area (Å²) in [6.45, 7) is 2.37. The second kappa shape index (κ2) is 7.70. The topological polar surface area (TPSA) is 71.1 Å². The van der Waals surface area contributed by atoms with E-state index in [1.54, 1.807) is 0 Å². The Labute approximate surface area is 115 Å². The molecule has 2 rings (SSSR count). The van der Waals surface area contributed by atoms with Crippen molar-refractivity contribution in [3.63, 3.8) is 0 Å². The van der Waals surface area contributed by atoms with Crippen LogP contribution < -0.4 is 5.73 Å². The van der Waals surface area contributed by atoms with Crippen molar-refractivity contribution in [1.82, 2.24) is 4.90 Å². The highest BCUT2D eigenvalue weighted by Crippen LogP contribution is 2.21. The highest BCUT2D eigenvalue weighted by atomic mass is 16.5. The molecule has 0 bridgehead atoms. The number of nitrogens with two attached hydrogens (primary N) is 1. The van der Waals surface area contributed by atoms with E-state index in [2.05, 4.69) is 9.89 Å². The Bertz CT molecular complexity index is 282. The number of piperidine rings is 1. The van der Waals surface area contributed by atoms with Crippen LogP contribution in [-0.2, 0) is 4.74 Å². The molecule has 0 aromatic carbocycles. The Morgan fingerprint density at radius 2 is 1.84 bits per heavy atom. The molecule has 1 saturated carbocycles. The standard InChI is InChI=1S/C14H27N3O2/c15-14(16-12-4-2-1-3-5-12)17-8-6-13(7-9-17)19-11-10-18/h12-13,18H,1-11H2,(H2,15,16).